The Hall–Kier alpha value is -1.71. The van der Waals surface area contributed by atoms with Crippen LogP contribution in [0.3, 0.4) is 0 Å². The van der Waals surface area contributed by atoms with E-state index in [0.29, 0.717) is 12.2 Å². The third-order valence-corrected chi connectivity index (χ3v) is 3.43. The summed E-state index contributed by atoms with van der Waals surface area (Å²) in [6.07, 6.45) is 1.30. The largest absolute Gasteiger partial charge is 0.465 e. The van der Waals surface area contributed by atoms with E-state index in [-0.39, 0.29) is 5.41 Å². The fourth-order valence-electron chi connectivity index (χ4n) is 2.44. The van der Waals surface area contributed by atoms with Gasteiger partial charge in [0.1, 0.15) is 0 Å². The molecule has 1 heterocycles. The molecule has 1 aliphatic heterocycles. The lowest BCUT2D eigenvalue weighted by atomic mass is 9.98. The number of rotatable bonds is 0. The van der Waals surface area contributed by atoms with Crippen molar-refractivity contribution >= 4 is 17.5 Å². The molecule has 2 aliphatic rings. The quantitative estimate of drug-likeness (QED) is 0.633. The molecule has 3 N–H and O–H groups in total. The average Bonchev–Trinajstić information content (AvgIpc) is 2.86. The van der Waals surface area contributed by atoms with Gasteiger partial charge in [-0.3, -0.25) is 4.90 Å². The molecule has 1 aromatic carbocycles. The summed E-state index contributed by atoms with van der Waals surface area (Å²) in [4.78, 5) is 12.5. The highest BCUT2D eigenvalue weighted by atomic mass is 16.4. The number of carboxylic acid groups (broad SMARTS) is 1. The molecule has 0 aromatic heterocycles. The van der Waals surface area contributed by atoms with Crippen molar-refractivity contribution in [3.05, 3.63) is 23.8 Å². The van der Waals surface area contributed by atoms with Gasteiger partial charge in [-0.25, -0.2) is 4.79 Å². The van der Waals surface area contributed by atoms with Gasteiger partial charge in [0.05, 0.1) is 5.69 Å². The maximum absolute atomic E-state index is 11.1. The number of benzene rings is 1. The van der Waals surface area contributed by atoms with E-state index in [1.165, 1.54) is 4.90 Å². The van der Waals surface area contributed by atoms with Crippen LogP contribution in [0.15, 0.2) is 18.2 Å². The van der Waals surface area contributed by atoms with Crippen LogP contribution in [0.5, 0.6) is 0 Å². The molecule has 1 spiro atoms. The molecule has 3 rings (SSSR count). The zero-order chi connectivity index (χ0) is 10.6. The number of nitrogens with zero attached hydrogens (tertiary/aromatic N) is 1. The lowest BCUT2D eigenvalue weighted by Gasteiger charge is -2.12. The molecule has 0 saturated heterocycles. The van der Waals surface area contributed by atoms with Gasteiger partial charge in [-0.15, -0.1) is 0 Å². The second kappa shape index (κ2) is 2.45. The predicted octanol–water partition coefficient (Wildman–Crippen LogP) is 1.80. The second-order valence-corrected chi connectivity index (χ2v) is 4.43. The molecule has 4 heteroatoms. The number of fused-ring (bicyclic) bond motifs is 2. The molecule has 1 aliphatic carbocycles. The number of nitrogen functional groups attached to an aromatic ring is 1. The molecule has 1 aromatic rings. The van der Waals surface area contributed by atoms with Gasteiger partial charge in [-0.2, -0.15) is 0 Å². The van der Waals surface area contributed by atoms with E-state index >= 15 is 0 Å². The molecule has 78 valence electrons. The first-order valence-electron chi connectivity index (χ1n) is 5.03. The van der Waals surface area contributed by atoms with Crippen LogP contribution >= 0.6 is 0 Å². The molecular weight excluding hydrogens is 192 g/mol. The topological polar surface area (TPSA) is 66.6 Å². The van der Waals surface area contributed by atoms with Gasteiger partial charge in [0, 0.05) is 17.6 Å². The van der Waals surface area contributed by atoms with E-state index in [1.54, 1.807) is 6.07 Å². The van der Waals surface area contributed by atoms with Crippen molar-refractivity contribution < 1.29 is 9.90 Å². The van der Waals surface area contributed by atoms with Crippen molar-refractivity contribution in [1.82, 2.24) is 0 Å². The highest BCUT2D eigenvalue weighted by molar-refractivity contribution is 5.91. The van der Waals surface area contributed by atoms with Crippen LogP contribution in [0.1, 0.15) is 18.4 Å². The van der Waals surface area contributed by atoms with E-state index in [4.69, 9.17) is 10.8 Å². The van der Waals surface area contributed by atoms with Crippen molar-refractivity contribution in [3.63, 3.8) is 0 Å². The summed E-state index contributed by atoms with van der Waals surface area (Å²) >= 11 is 0. The molecule has 1 saturated carbocycles. The van der Waals surface area contributed by atoms with Crippen LogP contribution in [0, 0.1) is 0 Å². The number of nitrogens with two attached hydrogens (primary N) is 1. The Morgan fingerprint density at radius 2 is 2.20 bits per heavy atom. The number of anilines is 2. The minimum Gasteiger partial charge on any atom is -0.465 e. The maximum Gasteiger partial charge on any atom is 0.411 e. The van der Waals surface area contributed by atoms with Gasteiger partial charge in [0.25, 0.3) is 0 Å². The summed E-state index contributed by atoms with van der Waals surface area (Å²) in [5, 5.41) is 9.10. The van der Waals surface area contributed by atoms with E-state index in [2.05, 4.69) is 0 Å². The van der Waals surface area contributed by atoms with E-state index in [1.807, 2.05) is 12.1 Å². The Labute approximate surface area is 87.3 Å². The molecule has 1 amide bonds. The van der Waals surface area contributed by atoms with Crippen molar-refractivity contribution in [2.24, 2.45) is 0 Å². The van der Waals surface area contributed by atoms with E-state index < -0.39 is 6.09 Å². The Bertz CT molecular complexity index is 452. The highest BCUT2D eigenvalue weighted by Crippen LogP contribution is 2.56. The summed E-state index contributed by atoms with van der Waals surface area (Å²) in [6.45, 7) is 0.598. The molecule has 0 radical (unpaired) electrons. The van der Waals surface area contributed by atoms with Gasteiger partial charge in [0.15, 0.2) is 0 Å². The zero-order valence-electron chi connectivity index (χ0n) is 8.23. The fourth-order valence-corrected chi connectivity index (χ4v) is 2.44. The van der Waals surface area contributed by atoms with Crippen LogP contribution < -0.4 is 10.6 Å². The van der Waals surface area contributed by atoms with Crippen LogP contribution in [0.25, 0.3) is 0 Å². The first-order chi connectivity index (χ1) is 7.12. The monoisotopic (exact) mass is 204 g/mol. The molecule has 0 atom stereocenters. The number of hydrogen-bond acceptors (Lipinski definition) is 2. The fraction of sp³-hybridized carbons (Fsp3) is 0.364. The Morgan fingerprint density at radius 3 is 2.80 bits per heavy atom. The minimum atomic E-state index is -0.884. The smallest absolute Gasteiger partial charge is 0.411 e. The van der Waals surface area contributed by atoms with Crippen LogP contribution in [0.2, 0.25) is 0 Å². The summed E-state index contributed by atoms with van der Waals surface area (Å²) in [5.41, 5.74) is 8.35. The molecule has 1 fully saturated rings. The van der Waals surface area contributed by atoms with Crippen molar-refractivity contribution in [1.29, 1.82) is 0 Å². The second-order valence-electron chi connectivity index (χ2n) is 4.43. The predicted molar refractivity (Wildman–Crippen MR) is 57.1 cm³/mol. The summed E-state index contributed by atoms with van der Waals surface area (Å²) < 4.78 is 0. The van der Waals surface area contributed by atoms with Crippen molar-refractivity contribution in [2.45, 2.75) is 18.3 Å². The van der Waals surface area contributed by atoms with Crippen LogP contribution in [-0.4, -0.2) is 17.7 Å². The van der Waals surface area contributed by atoms with Gasteiger partial charge in [0.2, 0.25) is 0 Å². The Morgan fingerprint density at radius 1 is 1.47 bits per heavy atom. The number of amides is 1. The first-order valence-corrected chi connectivity index (χ1v) is 5.03. The summed E-state index contributed by atoms with van der Waals surface area (Å²) in [6, 6.07) is 5.58. The molecular formula is C11H12N2O2. The minimum absolute atomic E-state index is 0.113. The van der Waals surface area contributed by atoms with Crippen LogP contribution in [-0.2, 0) is 5.41 Å². The van der Waals surface area contributed by atoms with Crippen molar-refractivity contribution in [2.75, 3.05) is 17.2 Å². The third-order valence-electron chi connectivity index (χ3n) is 3.43. The standard InChI is InChI=1S/C11H12N2O2/c12-7-1-2-8-9(5-7)13(10(14)15)6-11(8)3-4-11/h1-2,5H,3-4,6,12H2,(H,14,15). The van der Waals surface area contributed by atoms with E-state index in [0.717, 1.165) is 24.1 Å². The summed E-state index contributed by atoms with van der Waals surface area (Å²) in [5.74, 6) is 0. The van der Waals surface area contributed by atoms with Gasteiger partial charge < -0.3 is 10.8 Å². The molecule has 0 bridgehead atoms. The number of carbonyl (C=O) groups is 1. The van der Waals surface area contributed by atoms with Crippen LogP contribution in [0.4, 0.5) is 16.2 Å². The molecule has 15 heavy (non-hydrogen) atoms. The number of hydrogen-bond donors (Lipinski definition) is 2. The lowest BCUT2D eigenvalue weighted by molar-refractivity contribution is 0.202. The third kappa shape index (κ3) is 1.04. The Balaban J connectivity index is 2.16. The van der Waals surface area contributed by atoms with Crippen molar-refractivity contribution in [3.8, 4) is 0 Å². The van der Waals surface area contributed by atoms with Gasteiger partial charge in [-0.05, 0) is 30.5 Å². The first kappa shape index (κ1) is 8.59. The normalized spacial score (nSPS) is 20.4. The maximum atomic E-state index is 11.1. The highest BCUT2D eigenvalue weighted by Gasteiger charge is 2.53. The van der Waals surface area contributed by atoms with Gasteiger partial charge >= 0.3 is 6.09 Å². The average molecular weight is 204 g/mol. The molecule has 4 nitrogen and oxygen atoms in total. The summed E-state index contributed by atoms with van der Waals surface area (Å²) in [7, 11) is 0. The van der Waals surface area contributed by atoms with E-state index in [9.17, 15) is 4.79 Å². The SMILES string of the molecule is Nc1ccc2c(c1)N(C(=O)O)CC21CC1. The molecule has 0 unspecified atom stereocenters. The van der Waals surface area contributed by atoms with Gasteiger partial charge in [-0.1, -0.05) is 6.07 Å². The Kier molecular flexibility index (Phi) is 1.40. The zero-order valence-corrected chi connectivity index (χ0v) is 8.23. The lowest BCUT2D eigenvalue weighted by Crippen LogP contribution is -2.29.